The van der Waals surface area contributed by atoms with E-state index in [1.165, 1.54) is 0 Å². The fourth-order valence-corrected chi connectivity index (χ4v) is 0.320. The second-order valence-corrected chi connectivity index (χ2v) is 1.60. The topological polar surface area (TPSA) is 29.5 Å². The standard InChI is InChI=1S/C3H6Cl2O2/c4-1-2-7-3(5)6/h3,6H,1-2H2. The fourth-order valence-electron chi connectivity index (χ4n) is 0.142. The van der Waals surface area contributed by atoms with Gasteiger partial charge in [-0.2, -0.15) is 0 Å². The molecule has 0 aliphatic carbocycles. The van der Waals surface area contributed by atoms with Gasteiger partial charge in [-0.1, -0.05) is 11.6 Å². The van der Waals surface area contributed by atoms with Crippen molar-refractivity contribution < 1.29 is 9.84 Å². The zero-order valence-electron chi connectivity index (χ0n) is 3.60. The Morgan fingerprint density at radius 3 is 2.43 bits per heavy atom. The summed E-state index contributed by atoms with van der Waals surface area (Å²) in [5.41, 5.74) is 0. The Labute approximate surface area is 52.0 Å². The molecule has 0 heterocycles. The van der Waals surface area contributed by atoms with Crippen molar-refractivity contribution in [2.75, 3.05) is 12.5 Å². The number of halogens is 2. The van der Waals surface area contributed by atoms with Crippen LogP contribution in [-0.4, -0.2) is 23.3 Å². The maximum Gasteiger partial charge on any atom is 0.234 e. The van der Waals surface area contributed by atoms with Gasteiger partial charge in [0.1, 0.15) is 0 Å². The summed E-state index contributed by atoms with van der Waals surface area (Å²) in [7, 11) is 0. The van der Waals surface area contributed by atoms with Crippen molar-refractivity contribution in [1.29, 1.82) is 0 Å². The average molecular weight is 145 g/mol. The number of hydrogen-bond acceptors (Lipinski definition) is 2. The Morgan fingerprint density at radius 2 is 2.29 bits per heavy atom. The summed E-state index contributed by atoms with van der Waals surface area (Å²) in [4.78, 5) is 0. The molecule has 0 aliphatic rings. The molecule has 44 valence electrons. The zero-order valence-corrected chi connectivity index (χ0v) is 5.11. The Kier molecular flexibility index (Phi) is 4.99. The van der Waals surface area contributed by atoms with Crippen LogP contribution in [0.4, 0.5) is 0 Å². The number of ether oxygens (including phenoxy) is 1. The van der Waals surface area contributed by atoms with Gasteiger partial charge in [-0.3, -0.25) is 0 Å². The second-order valence-electron chi connectivity index (χ2n) is 0.852. The number of rotatable bonds is 3. The summed E-state index contributed by atoms with van der Waals surface area (Å²) in [5.74, 6) is -0.859. The van der Waals surface area contributed by atoms with Gasteiger partial charge in [0, 0.05) is 5.88 Å². The third-order valence-electron chi connectivity index (χ3n) is 0.333. The second kappa shape index (κ2) is 4.65. The van der Waals surface area contributed by atoms with E-state index in [1.807, 2.05) is 0 Å². The minimum atomic E-state index is -1.21. The molecular weight excluding hydrogens is 139 g/mol. The van der Waals surface area contributed by atoms with E-state index in [1.54, 1.807) is 0 Å². The van der Waals surface area contributed by atoms with E-state index in [0.29, 0.717) is 5.88 Å². The summed E-state index contributed by atoms with van der Waals surface area (Å²) < 4.78 is 4.38. The van der Waals surface area contributed by atoms with E-state index in [0.717, 1.165) is 0 Å². The lowest BCUT2D eigenvalue weighted by atomic mass is 10.9. The lowest BCUT2D eigenvalue weighted by Crippen LogP contribution is -2.04. The summed E-state index contributed by atoms with van der Waals surface area (Å²) in [6, 6.07) is 0. The van der Waals surface area contributed by atoms with E-state index in [2.05, 4.69) is 4.74 Å². The predicted molar refractivity (Wildman–Crippen MR) is 28.5 cm³/mol. The van der Waals surface area contributed by atoms with Crippen molar-refractivity contribution in [3.63, 3.8) is 0 Å². The van der Waals surface area contributed by atoms with Gasteiger partial charge in [0.15, 0.2) is 0 Å². The molecule has 0 aliphatic heterocycles. The van der Waals surface area contributed by atoms with Gasteiger partial charge in [0.25, 0.3) is 0 Å². The van der Waals surface area contributed by atoms with Gasteiger partial charge in [-0.25, -0.2) is 0 Å². The minimum Gasteiger partial charge on any atom is -0.356 e. The van der Waals surface area contributed by atoms with Crippen LogP contribution in [0.25, 0.3) is 0 Å². The van der Waals surface area contributed by atoms with Crippen molar-refractivity contribution in [2.45, 2.75) is 5.75 Å². The third kappa shape index (κ3) is 6.50. The lowest BCUT2D eigenvalue weighted by molar-refractivity contribution is -0.0316. The first-order chi connectivity index (χ1) is 3.27. The molecule has 0 aromatic heterocycles. The van der Waals surface area contributed by atoms with Crippen molar-refractivity contribution in [1.82, 2.24) is 0 Å². The summed E-state index contributed by atoms with van der Waals surface area (Å²) in [6.45, 7) is 0.284. The van der Waals surface area contributed by atoms with Crippen molar-refractivity contribution in [3.8, 4) is 0 Å². The highest BCUT2D eigenvalue weighted by Crippen LogP contribution is 1.90. The van der Waals surface area contributed by atoms with Crippen LogP contribution >= 0.6 is 23.2 Å². The number of hydrogen-bond donors (Lipinski definition) is 1. The van der Waals surface area contributed by atoms with Crippen LogP contribution in [0.1, 0.15) is 0 Å². The fraction of sp³-hybridized carbons (Fsp3) is 1.00. The van der Waals surface area contributed by atoms with Crippen molar-refractivity contribution in [3.05, 3.63) is 0 Å². The van der Waals surface area contributed by atoms with Gasteiger partial charge < -0.3 is 9.84 Å². The maximum absolute atomic E-state index is 8.17. The lowest BCUT2D eigenvalue weighted by Gasteiger charge is -1.98. The summed E-state index contributed by atoms with van der Waals surface area (Å²) in [5, 5.41) is 8.17. The van der Waals surface area contributed by atoms with Crippen molar-refractivity contribution in [2.24, 2.45) is 0 Å². The molecule has 0 saturated heterocycles. The Morgan fingerprint density at radius 1 is 1.71 bits per heavy atom. The van der Waals surface area contributed by atoms with E-state index < -0.39 is 5.75 Å². The first-order valence-electron chi connectivity index (χ1n) is 1.77. The highest BCUT2D eigenvalue weighted by molar-refractivity contribution is 6.19. The molecule has 4 heteroatoms. The first-order valence-corrected chi connectivity index (χ1v) is 2.74. The molecule has 1 unspecified atom stereocenters. The largest absolute Gasteiger partial charge is 0.356 e. The van der Waals surface area contributed by atoms with E-state index in [4.69, 9.17) is 28.3 Å². The van der Waals surface area contributed by atoms with Gasteiger partial charge in [-0.05, 0) is 0 Å². The monoisotopic (exact) mass is 144 g/mol. The Bertz CT molecular complexity index is 39.9. The molecule has 1 atom stereocenters. The highest BCUT2D eigenvalue weighted by atomic mass is 35.5. The molecule has 0 amide bonds. The maximum atomic E-state index is 8.17. The molecule has 1 N–H and O–H groups in total. The normalized spacial score (nSPS) is 14.1. The Hall–Kier alpha value is 0.500. The molecule has 7 heavy (non-hydrogen) atoms. The molecule has 0 saturated carbocycles. The highest BCUT2D eigenvalue weighted by Gasteiger charge is 1.92. The predicted octanol–water partition coefficient (Wildman–Crippen LogP) is 0.756. The van der Waals surface area contributed by atoms with Crippen LogP contribution in [0.15, 0.2) is 0 Å². The van der Waals surface area contributed by atoms with E-state index >= 15 is 0 Å². The smallest absolute Gasteiger partial charge is 0.234 e. The Balaban J connectivity index is 2.68. The van der Waals surface area contributed by atoms with Crippen LogP contribution in [0.3, 0.4) is 0 Å². The molecule has 0 radical (unpaired) electrons. The number of aliphatic hydroxyl groups excluding tert-OH is 1. The zero-order chi connectivity index (χ0) is 5.70. The number of alkyl halides is 2. The van der Waals surface area contributed by atoms with Gasteiger partial charge in [0.05, 0.1) is 6.61 Å². The van der Waals surface area contributed by atoms with E-state index in [-0.39, 0.29) is 6.61 Å². The first kappa shape index (κ1) is 7.50. The van der Waals surface area contributed by atoms with Crippen LogP contribution in [-0.2, 0) is 4.74 Å². The van der Waals surface area contributed by atoms with Crippen LogP contribution in [0.5, 0.6) is 0 Å². The third-order valence-corrected chi connectivity index (χ3v) is 0.613. The van der Waals surface area contributed by atoms with Gasteiger partial charge in [-0.15, -0.1) is 11.6 Å². The molecule has 0 rings (SSSR count). The van der Waals surface area contributed by atoms with Crippen LogP contribution in [0.2, 0.25) is 0 Å². The quantitative estimate of drug-likeness (QED) is 0.469. The van der Waals surface area contributed by atoms with Gasteiger partial charge in [0.2, 0.25) is 5.75 Å². The van der Waals surface area contributed by atoms with E-state index in [9.17, 15) is 0 Å². The molecule has 0 spiro atoms. The summed E-state index contributed by atoms with van der Waals surface area (Å²) >= 11 is 10.1. The summed E-state index contributed by atoms with van der Waals surface area (Å²) in [6.07, 6.45) is 0. The molecule has 0 fully saturated rings. The average Bonchev–Trinajstić information content (AvgIpc) is 1.61. The minimum absolute atomic E-state index is 0.284. The van der Waals surface area contributed by atoms with Crippen molar-refractivity contribution >= 4 is 23.2 Å². The van der Waals surface area contributed by atoms with Crippen LogP contribution in [0, 0.1) is 0 Å². The molecule has 0 bridgehead atoms. The van der Waals surface area contributed by atoms with Crippen LogP contribution < -0.4 is 0 Å². The van der Waals surface area contributed by atoms with Gasteiger partial charge >= 0.3 is 0 Å². The molecular formula is C3H6Cl2O2. The molecule has 0 aromatic carbocycles. The SMILES string of the molecule is OC(Cl)OCCCl. The molecule has 2 nitrogen and oxygen atoms in total. The number of aliphatic hydroxyl groups is 1. The molecule has 0 aromatic rings.